The molecule has 0 unspecified atom stereocenters. The first-order chi connectivity index (χ1) is 0. The molecule has 0 bridgehead atoms. The summed E-state index contributed by atoms with van der Waals surface area (Å²) in [5.74, 6) is 0. The van der Waals surface area contributed by atoms with Gasteiger partial charge in [-0.1, -0.05) is 0 Å². The van der Waals surface area contributed by atoms with Crippen molar-refractivity contribution in [1.29, 1.82) is 0 Å². The Balaban J connectivity index is 0. The Kier molecular flexibility index (Phi) is 211. The van der Waals surface area contributed by atoms with E-state index in [0.717, 1.165) is 0 Å². The van der Waals surface area contributed by atoms with Crippen molar-refractivity contribution in [3.05, 3.63) is 0 Å². The quantitative estimate of drug-likeness (QED) is 0.294. The van der Waals surface area contributed by atoms with Crippen LogP contribution in [0, 0.1) is 0 Å². The summed E-state index contributed by atoms with van der Waals surface area (Å²) in [6.07, 6.45) is 0. The Bertz CT molecular complexity index is 11.6. The minimum Gasteiger partial charge on any atom is -0.0149 e. The number of hydrogen-bond acceptors (Lipinski definition) is 0. The number of rotatable bonds is 0. The fourth-order valence-corrected chi connectivity index (χ4v) is 0. The molecule has 0 radical (unpaired) electrons. The summed E-state index contributed by atoms with van der Waals surface area (Å²) in [7, 11) is 0. The van der Waals surface area contributed by atoms with Gasteiger partial charge in [-0.3, -0.25) is 0 Å². The maximum absolute atomic E-state index is 0. The molecule has 0 aromatic carbocycles. The molecule has 0 aliphatic carbocycles. The van der Waals surface area contributed by atoms with Crippen LogP contribution in [0.4, 0.5) is 0 Å². The maximum atomic E-state index is 0. The Morgan fingerprint density at radius 3 is 1.00 bits per heavy atom. The SMILES string of the molecule is [AlH3].[CaH2].[LiH].[MgH2].[SiH4]. The third-order valence-corrected chi connectivity index (χ3v) is 0. The van der Waals surface area contributed by atoms with Crippen molar-refractivity contribution in [2.24, 2.45) is 0 Å². The van der Waals surface area contributed by atoms with Gasteiger partial charge in [0.2, 0.25) is 0 Å². The van der Waals surface area contributed by atoms with Crippen LogP contribution in [0.2, 0.25) is 0 Å². The average molecular weight is 138 g/mol. The van der Waals surface area contributed by atoms with E-state index in [9.17, 15) is 0 Å². The van der Waals surface area contributed by atoms with Gasteiger partial charge in [0.25, 0.3) is 0 Å². The zero-order chi connectivity index (χ0) is 0. The first kappa shape index (κ1) is 40.0. The summed E-state index contributed by atoms with van der Waals surface area (Å²) in [5.41, 5.74) is 0. The van der Waals surface area contributed by atoms with E-state index in [1.54, 1.807) is 0 Å². The molecule has 0 aromatic rings. The van der Waals surface area contributed by atoms with Gasteiger partial charge < -0.3 is 0 Å². The smallest absolute Gasteiger partial charge is 0.0149 e. The van der Waals surface area contributed by atoms with Crippen LogP contribution in [0.5, 0.6) is 0 Å². The summed E-state index contributed by atoms with van der Waals surface area (Å²) < 4.78 is 0. The van der Waals surface area contributed by atoms with Crippen molar-refractivity contribution in [1.82, 2.24) is 0 Å². The molecule has 0 saturated carbocycles. The molecule has 0 heterocycles. The summed E-state index contributed by atoms with van der Waals surface area (Å²) in [5, 5.41) is 0. The molecule has 0 spiro atoms. The van der Waals surface area contributed by atoms with Gasteiger partial charge >= 0.3 is 79.7 Å². The second kappa shape index (κ2) is 26.3. The second-order valence-corrected chi connectivity index (χ2v) is 0. The van der Waals surface area contributed by atoms with Gasteiger partial charge in [0, 0.05) is 0 Å². The molecule has 0 aliphatic rings. The largest absolute Gasteiger partial charge is 0.316 e. The molecule has 0 aromatic heterocycles. The minimum absolute atomic E-state index is 0. The molecule has 24 valence electrons. The molecule has 0 fully saturated rings. The summed E-state index contributed by atoms with van der Waals surface area (Å²) in [6, 6.07) is 0. The molecule has 0 N–H and O–H groups in total. The van der Waals surface area contributed by atoms with Gasteiger partial charge in [-0.05, 0) is 11.0 Å². The van der Waals surface area contributed by atoms with Gasteiger partial charge in [-0.2, -0.15) is 0 Å². The van der Waals surface area contributed by atoms with Gasteiger partial charge in [0.05, 0.1) is 0 Å². The van der Waals surface area contributed by atoms with Crippen LogP contribution < -0.4 is 0 Å². The zero-order valence-corrected chi connectivity index (χ0v) is 0. The van der Waals surface area contributed by atoms with Crippen LogP contribution in [0.3, 0.4) is 0 Å². The van der Waals surface area contributed by atoms with Crippen LogP contribution >= 0.6 is 0 Å². The van der Waals surface area contributed by atoms with Crippen LogP contribution in [0.15, 0.2) is 0 Å². The summed E-state index contributed by atoms with van der Waals surface area (Å²) >= 11 is 0. The first-order valence-electron chi connectivity index (χ1n) is 0. The second-order valence-electron chi connectivity index (χ2n) is 0. The van der Waals surface area contributed by atoms with Crippen molar-refractivity contribution in [3.63, 3.8) is 0 Å². The van der Waals surface area contributed by atoms with E-state index in [-0.39, 0.29) is 108 Å². The molecular formula is H12AlCaLiMgSi. The van der Waals surface area contributed by atoms with E-state index in [1.165, 1.54) is 0 Å². The van der Waals surface area contributed by atoms with E-state index in [2.05, 4.69) is 0 Å². The van der Waals surface area contributed by atoms with Crippen LogP contribution in [-0.2, 0) is 0 Å². The van der Waals surface area contributed by atoms with Crippen molar-refractivity contribution < 1.29 is 0 Å². The predicted octanol–water partition coefficient (Wildman–Crippen LogP) is -5.12. The fourth-order valence-electron chi connectivity index (χ4n) is 0. The van der Waals surface area contributed by atoms with E-state index >= 15 is 0 Å². The molecule has 0 nitrogen and oxygen atoms in total. The van der Waals surface area contributed by atoms with Crippen LogP contribution in [0.25, 0.3) is 0 Å². The van der Waals surface area contributed by atoms with E-state index in [0.29, 0.717) is 0 Å². The topological polar surface area (TPSA) is 0 Å². The minimum atomic E-state index is 0. The van der Waals surface area contributed by atoms with Crippen molar-refractivity contribution in [2.45, 2.75) is 0 Å². The molecule has 0 amide bonds. The van der Waals surface area contributed by atoms with Gasteiger partial charge in [-0.25, -0.2) is 0 Å². The standard InChI is InChI=1S/Al.Ca.Li.Mg.H4Si.8H/h;;;;1H4;;;;;;;;. The Morgan fingerprint density at radius 1 is 1.00 bits per heavy atom. The zero-order valence-electron chi connectivity index (χ0n) is 0. The molecule has 0 aliphatic heterocycles. The third kappa shape index (κ3) is 18.7. The Hall–Kier alpha value is 3.37. The predicted molar refractivity (Wildman–Crippen MR) is 45.5 cm³/mol. The Morgan fingerprint density at radius 2 is 1.00 bits per heavy atom. The van der Waals surface area contributed by atoms with Crippen LogP contribution in [-0.4, -0.2) is 108 Å². The molecule has 0 rings (SSSR count). The van der Waals surface area contributed by atoms with E-state index < -0.39 is 0 Å². The molecule has 0 atom stereocenters. The van der Waals surface area contributed by atoms with Crippen molar-refractivity contribution in [2.75, 3.05) is 0 Å². The maximum Gasteiger partial charge on any atom is 0.316 e. The Labute approximate surface area is 106 Å². The fraction of sp³-hybridized carbons (Fsp3) is 0. The van der Waals surface area contributed by atoms with Gasteiger partial charge in [-0.15, -0.1) is 0 Å². The van der Waals surface area contributed by atoms with Gasteiger partial charge in [0.15, 0.2) is 17.4 Å². The van der Waals surface area contributed by atoms with Crippen molar-refractivity contribution in [3.8, 4) is 0 Å². The molecular weight excluding hydrogens is 126 g/mol. The van der Waals surface area contributed by atoms with E-state index in [4.69, 9.17) is 0 Å². The monoisotopic (exact) mass is 138 g/mol. The average Bonchev–Trinajstić information content (AvgIpc) is 0. The number of hydrogen-bond donors (Lipinski definition) is 0. The van der Waals surface area contributed by atoms with Crippen molar-refractivity contribution >= 4 is 108 Å². The molecule has 0 saturated heterocycles. The molecule has 5 heteroatoms. The summed E-state index contributed by atoms with van der Waals surface area (Å²) in [6.45, 7) is 0. The van der Waals surface area contributed by atoms with Crippen LogP contribution in [0.1, 0.15) is 0 Å². The van der Waals surface area contributed by atoms with Gasteiger partial charge in [0.1, 0.15) is 0 Å². The third-order valence-electron chi connectivity index (χ3n) is 0. The summed E-state index contributed by atoms with van der Waals surface area (Å²) in [4.78, 5) is 0. The normalized spacial score (nSPS) is 0. The molecule has 5 heavy (non-hydrogen) atoms. The first-order valence-corrected chi connectivity index (χ1v) is 0. The van der Waals surface area contributed by atoms with E-state index in [1.807, 2.05) is 0 Å².